The van der Waals surface area contributed by atoms with Gasteiger partial charge in [0.25, 0.3) is 0 Å². The van der Waals surface area contributed by atoms with Crippen molar-refractivity contribution in [3.8, 4) is 0 Å². The van der Waals surface area contributed by atoms with E-state index in [0.29, 0.717) is 12.6 Å². The Balaban J connectivity index is 1.38. The van der Waals surface area contributed by atoms with Crippen LogP contribution in [0.15, 0.2) is 65.8 Å². The number of aromatic nitrogens is 3. The molecular weight excluding hydrogens is 374 g/mol. The molecule has 7 heteroatoms. The molecule has 0 radical (unpaired) electrons. The Hall–Kier alpha value is -3.19. The van der Waals surface area contributed by atoms with Gasteiger partial charge in [0.1, 0.15) is 6.17 Å². The summed E-state index contributed by atoms with van der Waals surface area (Å²) in [6, 6.07) is 14.5. The van der Waals surface area contributed by atoms with E-state index in [2.05, 4.69) is 67.2 Å². The number of para-hydroxylation sites is 2. The number of pyridine rings is 1. The fourth-order valence-corrected chi connectivity index (χ4v) is 4.79. The number of anilines is 1. The fraction of sp³-hybridized carbons (Fsp3) is 0.348. The summed E-state index contributed by atoms with van der Waals surface area (Å²) in [5.74, 6) is 2.45. The maximum absolute atomic E-state index is 5.03. The van der Waals surface area contributed by atoms with E-state index in [0.717, 1.165) is 49.2 Å². The summed E-state index contributed by atoms with van der Waals surface area (Å²) in [5, 5.41) is 3.77. The average molecular weight is 400 g/mol. The molecule has 2 aliphatic heterocycles. The van der Waals surface area contributed by atoms with E-state index in [1.54, 1.807) is 0 Å². The van der Waals surface area contributed by atoms with Crippen LogP contribution in [0.1, 0.15) is 31.1 Å². The van der Waals surface area contributed by atoms with Crippen molar-refractivity contribution in [3.63, 3.8) is 0 Å². The van der Waals surface area contributed by atoms with Crippen LogP contribution in [0, 0.1) is 5.92 Å². The Morgan fingerprint density at radius 2 is 2.00 bits per heavy atom. The average Bonchev–Trinajstić information content (AvgIpc) is 3.20. The van der Waals surface area contributed by atoms with Crippen molar-refractivity contribution in [3.05, 3.63) is 66.5 Å². The van der Waals surface area contributed by atoms with Crippen molar-refractivity contribution < 1.29 is 0 Å². The zero-order chi connectivity index (χ0) is 19.9. The van der Waals surface area contributed by atoms with Crippen molar-refractivity contribution in [1.29, 1.82) is 0 Å². The third-order valence-corrected chi connectivity index (χ3v) is 6.26. The number of hydrogen-bond donors (Lipinski definition) is 1. The van der Waals surface area contributed by atoms with E-state index in [9.17, 15) is 0 Å². The topological polar surface area (TPSA) is 61.6 Å². The number of guanidine groups is 1. The number of hydrogen-bond acceptors (Lipinski definition) is 6. The minimum atomic E-state index is 0.176. The first kappa shape index (κ1) is 17.7. The van der Waals surface area contributed by atoms with Gasteiger partial charge in [-0.25, -0.2) is 9.98 Å². The molecule has 4 heterocycles. The summed E-state index contributed by atoms with van der Waals surface area (Å²) in [4.78, 5) is 18.9. The third-order valence-electron chi connectivity index (χ3n) is 6.26. The second-order valence-corrected chi connectivity index (χ2v) is 8.25. The van der Waals surface area contributed by atoms with Crippen LogP contribution in [0.2, 0.25) is 0 Å². The minimum absolute atomic E-state index is 0.176. The molecule has 3 aromatic rings. The zero-order valence-electron chi connectivity index (χ0n) is 16.9. The number of nitrogens with one attached hydrogen (secondary N) is 1. The second kappa shape index (κ2) is 7.25. The van der Waals surface area contributed by atoms with Gasteiger partial charge in [0.2, 0.25) is 11.9 Å². The van der Waals surface area contributed by atoms with Crippen molar-refractivity contribution in [1.82, 2.24) is 24.8 Å². The van der Waals surface area contributed by atoms with E-state index >= 15 is 0 Å². The van der Waals surface area contributed by atoms with Crippen LogP contribution in [0.3, 0.4) is 0 Å². The molecule has 6 rings (SSSR count). The number of aliphatic imine (C=N–C) groups is 1. The summed E-state index contributed by atoms with van der Waals surface area (Å²) in [6.45, 7) is 2.17. The molecule has 1 aromatic carbocycles. The van der Waals surface area contributed by atoms with Gasteiger partial charge in [-0.1, -0.05) is 30.4 Å². The largest absolute Gasteiger partial charge is 0.335 e. The summed E-state index contributed by atoms with van der Waals surface area (Å²) in [7, 11) is 0. The Morgan fingerprint density at radius 3 is 2.87 bits per heavy atom. The Labute approximate surface area is 175 Å². The Bertz CT molecular complexity index is 1120. The lowest BCUT2D eigenvalue weighted by Crippen LogP contribution is -2.58. The highest BCUT2D eigenvalue weighted by Gasteiger charge is 2.38. The molecule has 0 bridgehead atoms. The van der Waals surface area contributed by atoms with Crippen LogP contribution < -0.4 is 10.2 Å². The van der Waals surface area contributed by atoms with Crippen molar-refractivity contribution in [2.24, 2.45) is 10.9 Å². The zero-order valence-corrected chi connectivity index (χ0v) is 16.9. The molecule has 1 aliphatic carbocycles. The number of rotatable bonds is 3. The molecule has 0 spiro atoms. The lowest BCUT2D eigenvalue weighted by atomic mass is 9.91. The summed E-state index contributed by atoms with van der Waals surface area (Å²) in [6.07, 6.45) is 10.0. The maximum atomic E-state index is 5.03. The number of nitrogens with zero attached hydrogens (tertiary/aromatic N) is 6. The summed E-state index contributed by atoms with van der Waals surface area (Å²) < 4.78 is 2.39. The van der Waals surface area contributed by atoms with Gasteiger partial charge in [-0.2, -0.15) is 0 Å². The highest BCUT2D eigenvalue weighted by molar-refractivity contribution is 5.98. The Morgan fingerprint density at radius 1 is 1.07 bits per heavy atom. The van der Waals surface area contributed by atoms with Gasteiger partial charge >= 0.3 is 0 Å². The van der Waals surface area contributed by atoms with E-state index in [-0.39, 0.29) is 6.17 Å². The number of fused-ring (bicyclic) bond motifs is 5. The summed E-state index contributed by atoms with van der Waals surface area (Å²) in [5.41, 5.74) is 3.27. The number of benzene rings is 1. The molecule has 0 fully saturated rings. The molecule has 0 saturated carbocycles. The first-order valence-electron chi connectivity index (χ1n) is 10.7. The smallest absolute Gasteiger partial charge is 0.216 e. The molecule has 152 valence electrons. The lowest BCUT2D eigenvalue weighted by Gasteiger charge is -2.44. The van der Waals surface area contributed by atoms with E-state index < -0.39 is 0 Å². The first-order valence-corrected chi connectivity index (χ1v) is 10.7. The van der Waals surface area contributed by atoms with E-state index in [4.69, 9.17) is 9.98 Å². The van der Waals surface area contributed by atoms with Gasteiger partial charge in [0, 0.05) is 18.7 Å². The molecule has 0 unspecified atom stereocenters. The van der Waals surface area contributed by atoms with Crippen LogP contribution in [-0.2, 0) is 6.54 Å². The standard InChI is InChI=1S/C23H25N7/c1-2-8-17(9-3-1)21-27-22-25-15-28(14-18-10-6-7-13-24-18)16-29(22)23-26-19-11-4-5-12-20(19)30(21)23/h1-2,4-7,10-13,17,21H,3,8-9,14-16H2,(H,25,27)/t17-,21-/m1/s1. The minimum Gasteiger partial charge on any atom is -0.335 e. The molecule has 2 atom stereocenters. The van der Waals surface area contributed by atoms with Crippen LogP contribution in [0.4, 0.5) is 5.95 Å². The van der Waals surface area contributed by atoms with Gasteiger partial charge in [-0.15, -0.1) is 0 Å². The highest BCUT2D eigenvalue weighted by atomic mass is 15.5. The van der Waals surface area contributed by atoms with Crippen LogP contribution in [-0.4, -0.2) is 38.7 Å². The van der Waals surface area contributed by atoms with Crippen LogP contribution in [0.5, 0.6) is 0 Å². The molecule has 1 N–H and O–H groups in total. The maximum Gasteiger partial charge on any atom is 0.216 e. The Kier molecular flexibility index (Phi) is 4.27. The van der Waals surface area contributed by atoms with Crippen molar-refractivity contribution in [2.45, 2.75) is 32.0 Å². The monoisotopic (exact) mass is 399 g/mol. The first-order chi connectivity index (χ1) is 14.9. The molecule has 3 aliphatic rings. The SMILES string of the molecule is C1=CC[C@@H]([C@@H]2NC3=NCN(Cc4ccccn4)CN3c3nc4ccccc4n32)CC1. The molecule has 30 heavy (non-hydrogen) atoms. The van der Waals surface area contributed by atoms with Crippen molar-refractivity contribution in [2.75, 3.05) is 18.2 Å². The molecular formula is C23H25N7. The van der Waals surface area contributed by atoms with Gasteiger partial charge in [0.15, 0.2) is 0 Å². The molecule has 2 aromatic heterocycles. The predicted molar refractivity (Wildman–Crippen MR) is 118 cm³/mol. The molecule has 0 amide bonds. The third kappa shape index (κ3) is 2.97. The molecule has 0 saturated heterocycles. The highest BCUT2D eigenvalue weighted by Crippen LogP contribution is 2.37. The quantitative estimate of drug-likeness (QED) is 0.683. The fourth-order valence-electron chi connectivity index (χ4n) is 4.79. The van der Waals surface area contributed by atoms with Crippen molar-refractivity contribution >= 4 is 22.9 Å². The summed E-state index contributed by atoms with van der Waals surface area (Å²) >= 11 is 0. The van der Waals surface area contributed by atoms with Gasteiger partial charge in [-0.05, 0) is 43.5 Å². The lowest BCUT2D eigenvalue weighted by molar-refractivity contribution is 0.241. The van der Waals surface area contributed by atoms with E-state index in [1.807, 2.05) is 18.3 Å². The second-order valence-electron chi connectivity index (χ2n) is 8.25. The van der Waals surface area contributed by atoms with E-state index in [1.165, 1.54) is 11.9 Å². The van der Waals surface area contributed by atoms with Gasteiger partial charge in [-0.3, -0.25) is 19.4 Å². The number of imidazole rings is 1. The molecule has 7 nitrogen and oxygen atoms in total. The number of allylic oxidation sites excluding steroid dienone is 2. The van der Waals surface area contributed by atoms with Crippen LogP contribution in [0.25, 0.3) is 11.0 Å². The normalized spacial score (nSPS) is 23.6. The predicted octanol–water partition coefficient (Wildman–Crippen LogP) is 3.48. The van der Waals surface area contributed by atoms with Crippen LogP contribution >= 0.6 is 0 Å². The van der Waals surface area contributed by atoms with Gasteiger partial charge in [0.05, 0.1) is 30.1 Å². The van der Waals surface area contributed by atoms with Gasteiger partial charge < -0.3 is 5.32 Å².